The molecule has 0 aliphatic carbocycles. The van der Waals surface area contributed by atoms with E-state index in [0.717, 1.165) is 36.6 Å². The van der Waals surface area contributed by atoms with Crippen molar-refractivity contribution in [2.75, 3.05) is 48.8 Å². The summed E-state index contributed by atoms with van der Waals surface area (Å²) < 4.78 is 5.12. The van der Waals surface area contributed by atoms with Crippen LogP contribution in [0.5, 0.6) is 0 Å². The van der Waals surface area contributed by atoms with Crippen LogP contribution in [0.15, 0.2) is 72.8 Å². The van der Waals surface area contributed by atoms with Crippen LogP contribution < -0.4 is 15.5 Å². The minimum absolute atomic E-state index is 0.0878. The van der Waals surface area contributed by atoms with Crippen molar-refractivity contribution in [1.82, 2.24) is 4.90 Å². The molecule has 0 atom stereocenters. The first-order valence-corrected chi connectivity index (χ1v) is 14.2. The Labute approximate surface area is 241 Å². The third-order valence-electron chi connectivity index (χ3n) is 7.58. The van der Waals surface area contributed by atoms with Crippen LogP contribution in [0.2, 0.25) is 0 Å². The van der Waals surface area contributed by atoms with Gasteiger partial charge in [-0.1, -0.05) is 42.8 Å². The van der Waals surface area contributed by atoms with Crippen molar-refractivity contribution in [1.29, 1.82) is 0 Å². The molecule has 3 aromatic carbocycles. The maximum Gasteiger partial charge on any atom is 0.338 e. The van der Waals surface area contributed by atoms with Crippen molar-refractivity contribution in [2.45, 2.75) is 32.6 Å². The molecule has 8 nitrogen and oxygen atoms in total. The van der Waals surface area contributed by atoms with Gasteiger partial charge in [-0.3, -0.25) is 9.59 Å². The highest BCUT2D eigenvalue weighted by Crippen LogP contribution is 2.38. The molecule has 0 saturated carbocycles. The molecular formula is C33H36N4O4. The smallest absolute Gasteiger partial charge is 0.338 e. The van der Waals surface area contributed by atoms with Crippen LogP contribution in [-0.2, 0) is 14.3 Å². The lowest BCUT2D eigenvalue weighted by Crippen LogP contribution is -2.35. The van der Waals surface area contributed by atoms with Crippen molar-refractivity contribution >= 4 is 46.1 Å². The van der Waals surface area contributed by atoms with E-state index < -0.39 is 5.97 Å². The van der Waals surface area contributed by atoms with Crippen molar-refractivity contribution in [3.63, 3.8) is 0 Å². The molecule has 2 heterocycles. The van der Waals surface area contributed by atoms with Crippen LogP contribution in [0.4, 0.5) is 17.1 Å². The minimum Gasteiger partial charge on any atom is -0.462 e. The number of rotatable bonds is 9. The van der Waals surface area contributed by atoms with Crippen LogP contribution in [0.1, 0.15) is 54.1 Å². The maximum absolute atomic E-state index is 13.3. The van der Waals surface area contributed by atoms with E-state index in [1.165, 1.54) is 19.3 Å². The van der Waals surface area contributed by atoms with Gasteiger partial charge in [0.25, 0.3) is 5.91 Å². The molecule has 212 valence electrons. The van der Waals surface area contributed by atoms with E-state index in [2.05, 4.69) is 15.5 Å². The van der Waals surface area contributed by atoms with E-state index in [0.29, 0.717) is 34.5 Å². The van der Waals surface area contributed by atoms with Gasteiger partial charge in [0.2, 0.25) is 5.91 Å². The Morgan fingerprint density at radius 3 is 2.39 bits per heavy atom. The van der Waals surface area contributed by atoms with Crippen molar-refractivity contribution in [2.24, 2.45) is 0 Å². The molecule has 1 saturated heterocycles. The topological polar surface area (TPSA) is 91.0 Å². The van der Waals surface area contributed by atoms with Crippen LogP contribution in [0, 0.1) is 0 Å². The number of piperidine rings is 1. The molecular weight excluding hydrogens is 516 g/mol. The van der Waals surface area contributed by atoms with E-state index in [1.54, 1.807) is 30.0 Å². The summed E-state index contributed by atoms with van der Waals surface area (Å²) in [5, 5.41) is 6.35. The third-order valence-corrected chi connectivity index (χ3v) is 7.58. The third kappa shape index (κ3) is 6.49. The maximum atomic E-state index is 13.3. The van der Waals surface area contributed by atoms with E-state index in [9.17, 15) is 14.4 Å². The predicted octanol–water partition coefficient (Wildman–Crippen LogP) is 5.63. The molecule has 1 fully saturated rings. The fourth-order valence-electron chi connectivity index (χ4n) is 5.31. The zero-order valence-corrected chi connectivity index (χ0v) is 23.6. The Morgan fingerprint density at radius 1 is 0.951 bits per heavy atom. The summed E-state index contributed by atoms with van der Waals surface area (Å²) in [7, 11) is 1.81. The molecule has 5 rings (SSSR count). The molecule has 2 amide bonds. The first-order valence-electron chi connectivity index (χ1n) is 14.2. The molecule has 0 spiro atoms. The molecule has 2 aliphatic heterocycles. The van der Waals surface area contributed by atoms with E-state index in [-0.39, 0.29) is 18.4 Å². The summed E-state index contributed by atoms with van der Waals surface area (Å²) in [6, 6.07) is 22.4. The molecule has 2 aliphatic rings. The fourth-order valence-corrected chi connectivity index (χ4v) is 5.31. The monoisotopic (exact) mass is 552 g/mol. The highest BCUT2D eigenvalue weighted by molar-refractivity contribution is 6.37. The molecule has 0 radical (unpaired) electrons. The number of hydrogen-bond donors (Lipinski definition) is 2. The lowest BCUT2D eigenvalue weighted by Gasteiger charge is -2.27. The molecule has 3 aromatic rings. The van der Waals surface area contributed by atoms with Gasteiger partial charge in [-0.25, -0.2) is 4.79 Å². The van der Waals surface area contributed by atoms with Crippen LogP contribution in [0.25, 0.3) is 11.3 Å². The highest BCUT2D eigenvalue weighted by Gasteiger charge is 2.29. The average molecular weight is 553 g/mol. The van der Waals surface area contributed by atoms with Gasteiger partial charge < -0.3 is 25.2 Å². The fraction of sp³-hybridized carbons (Fsp3) is 0.303. The summed E-state index contributed by atoms with van der Waals surface area (Å²) in [4.78, 5) is 42.4. The zero-order chi connectivity index (χ0) is 28.8. The first kappa shape index (κ1) is 28.1. The molecule has 2 N–H and O–H groups in total. The normalized spacial score (nSPS) is 16.0. The average Bonchev–Trinajstić information content (AvgIpc) is 3.34. The number of anilines is 3. The summed E-state index contributed by atoms with van der Waals surface area (Å²) in [6.45, 7) is 4.97. The first-order chi connectivity index (χ1) is 19.9. The number of esters is 1. The van der Waals surface area contributed by atoms with Crippen LogP contribution in [-0.4, -0.2) is 56.0 Å². The largest absolute Gasteiger partial charge is 0.462 e. The summed E-state index contributed by atoms with van der Waals surface area (Å²) in [6.07, 6.45) is 4.19. The van der Waals surface area contributed by atoms with E-state index in [4.69, 9.17) is 4.74 Å². The number of fused-ring (bicyclic) bond motifs is 1. The van der Waals surface area contributed by atoms with Crippen molar-refractivity contribution in [3.8, 4) is 0 Å². The van der Waals surface area contributed by atoms with Crippen molar-refractivity contribution < 1.29 is 19.1 Å². The predicted molar refractivity (Wildman–Crippen MR) is 163 cm³/mol. The lowest BCUT2D eigenvalue weighted by atomic mass is 9.99. The number of nitrogens with zero attached hydrogens (tertiary/aromatic N) is 2. The van der Waals surface area contributed by atoms with Gasteiger partial charge in [0.1, 0.15) is 0 Å². The molecule has 8 heteroatoms. The van der Waals surface area contributed by atoms with Gasteiger partial charge in [-0.05, 0) is 74.8 Å². The Morgan fingerprint density at radius 2 is 1.68 bits per heavy atom. The quantitative estimate of drug-likeness (QED) is 0.264. The van der Waals surface area contributed by atoms with Gasteiger partial charge in [0, 0.05) is 37.0 Å². The van der Waals surface area contributed by atoms with Gasteiger partial charge in [0.15, 0.2) is 0 Å². The Balaban J connectivity index is 1.38. The lowest BCUT2D eigenvalue weighted by molar-refractivity contribution is -0.118. The Bertz CT molecular complexity index is 1440. The van der Waals surface area contributed by atoms with Gasteiger partial charge in [0.05, 0.1) is 29.1 Å². The molecule has 0 bridgehead atoms. The second kappa shape index (κ2) is 12.8. The number of likely N-dealkylation sites (tertiary alicyclic amines) is 1. The number of hydrogen-bond acceptors (Lipinski definition) is 6. The van der Waals surface area contributed by atoms with Gasteiger partial charge >= 0.3 is 5.97 Å². The molecule has 0 aromatic heterocycles. The standard InChI is InChI=1S/C33H36N4O4/c1-3-41-33(40)24-12-17-27-28(22-24)35-32(39)30(27)31(23-10-6-4-7-11-23)34-25-13-15-26(16-14-25)36(2)29(38)18-21-37-19-8-5-9-20-37/h4,6-7,10-17,22,34H,3,5,8-9,18-21H2,1-2H3,(H,35,39)/b31-30-. The molecule has 0 unspecified atom stereocenters. The summed E-state index contributed by atoms with van der Waals surface area (Å²) in [5.41, 5.74) is 5.19. The number of nitrogens with one attached hydrogen (secondary N) is 2. The summed E-state index contributed by atoms with van der Waals surface area (Å²) in [5.74, 6) is -0.605. The van der Waals surface area contributed by atoms with E-state index >= 15 is 0 Å². The number of ether oxygens (including phenoxy) is 1. The zero-order valence-electron chi connectivity index (χ0n) is 23.6. The number of carbonyl (C=O) groups excluding carboxylic acids is 3. The number of carbonyl (C=O) groups is 3. The van der Waals surface area contributed by atoms with E-state index in [1.807, 2.05) is 61.6 Å². The Kier molecular flexibility index (Phi) is 8.79. The van der Waals surface area contributed by atoms with Gasteiger partial charge in [-0.2, -0.15) is 0 Å². The second-order valence-corrected chi connectivity index (χ2v) is 10.3. The Hall–Kier alpha value is -4.43. The number of amides is 2. The minimum atomic E-state index is -0.432. The SMILES string of the molecule is CCOC(=O)c1ccc2c(c1)NC(=O)/C2=C(\Nc1ccc(N(C)C(=O)CCN2CCCCC2)cc1)c1ccccc1. The van der Waals surface area contributed by atoms with Crippen molar-refractivity contribution in [3.05, 3.63) is 89.5 Å². The van der Waals surface area contributed by atoms with Crippen LogP contribution in [0.3, 0.4) is 0 Å². The second-order valence-electron chi connectivity index (χ2n) is 10.3. The van der Waals surface area contributed by atoms with Gasteiger partial charge in [-0.15, -0.1) is 0 Å². The summed E-state index contributed by atoms with van der Waals surface area (Å²) >= 11 is 0. The number of benzene rings is 3. The highest BCUT2D eigenvalue weighted by atomic mass is 16.5. The molecule has 41 heavy (non-hydrogen) atoms. The van der Waals surface area contributed by atoms with Crippen LogP contribution >= 0.6 is 0 Å².